The van der Waals surface area contributed by atoms with Gasteiger partial charge in [0.05, 0.1) is 0 Å². The van der Waals surface area contributed by atoms with Crippen LogP contribution in [0.4, 0.5) is 8.78 Å². The lowest BCUT2D eigenvalue weighted by Crippen LogP contribution is -2.09. The van der Waals surface area contributed by atoms with Crippen LogP contribution in [0.3, 0.4) is 0 Å². The van der Waals surface area contributed by atoms with Gasteiger partial charge in [-0.2, -0.15) is 0 Å². The molecule has 0 radical (unpaired) electrons. The van der Waals surface area contributed by atoms with Crippen LogP contribution >= 0.6 is 0 Å². The highest BCUT2D eigenvalue weighted by atomic mass is 19.1. The van der Waals surface area contributed by atoms with Crippen molar-refractivity contribution in [1.29, 1.82) is 0 Å². The Morgan fingerprint density at radius 3 is 2.09 bits per heavy atom. The van der Waals surface area contributed by atoms with Crippen LogP contribution < -0.4 is 4.74 Å². The van der Waals surface area contributed by atoms with Crippen LogP contribution in [0.25, 0.3) is 23.3 Å². The lowest BCUT2D eigenvalue weighted by atomic mass is 10.0. The molecule has 0 heterocycles. The fourth-order valence-corrected chi connectivity index (χ4v) is 3.31. The van der Waals surface area contributed by atoms with Crippen molar-refractivity contribution < 1.29 is 33.6 Å². The molecule has 0 unspecified atom stereocenters. The van der Waals surface area contributed by atoms with E-state index in [-0.39, 0.29) is 39.7 Å². The van der Waals surface area contributed by atoms with Gasteiger partial charge in [-0.3, -0.25) is 0 Å². The molecule has 0 fully saturated rings. The first kappa shape index (κ1) is 22.5. The summed E-state index contributed by atoms with van der Waals surface area (Å²) in [6.45, 7) is 0. The standard InChI is InChI=1S/C27H18F2O5/c28-19-6-9-23(25(29)14-19)18-5-10-26(32)24(13-18)27(33)34-22-7-3-16(4-8-22)1-2-17-11-20(30)15-21(31)12-17/h1-15,30-32H. The Morgan fingerprint density at radius 2 is 1.41 bits per heavy atom. The van der Waals surface area contributed by atoms with Crippen LogP contribution in [0.15, 0.2) is 78.9 Å². The zero-order chi connectivity index (χ0) is 24.2. The first-order chi connectivity index (χ1) is 16.3. The zero-order valence-electron chi connectivity index (χ0n) is 17.6. The lowest BCUT2D eigenvalue weighted by Gasteiger charge is -2.09. The third-order valence-electron chi connectivity index (χ3n) is 4.94. The van der Waals surface area contributed by atoms with Crippen molar-refractivity contribution in [3.8, 4) is 34.1 Å². The molecule has 0 aliphatic rings. The second-order valence-electron chi connectivity index (χ2n) is 7.43. The molecule has 4 aromatic rings. The molecule has 4 aromatic carbocycles. The molecule has 7 heteroatoms. The van der Waals surface area contributed by atoms with Gasteiger partial charge in [0, 0.05) is 17.7 Å². The minimum absolute atomic E-state index is 0.0589. The van der Waals surface area contributed by atoms with Gasteiger partial charge in [-0.25, -0.2) is 13.6 Å². The maximum atomic E-state index is 14.1. The summed E-state index contributed by atoms with van der Waals surface area (Å²) in [5, 5.41) is 29.2. The zero-order valence-corrected chi connectivity index (χ0v) is 17.6. The van der Waals surface area contributed by atoms with E-state index >= 15 is 0 Å². The molecule has 0 amide bonds. The van der Waals surface area contributed by atoms with E-state index in [0.29, 0.717) is 5.56 Å². The number of phenolic OH excluding ortho intramolecular Hbond substituents is 3. The number of carbonyl (C=O) groups excluding carboxylic acids is 1. The Hall–Kier alpha value is -4.65. The van der Waals surface area contributed by atoms with E-state index in [1.165, 1.54) is 42.5 Å². The molecular formula is C27H18F2O5. The fourth-order valence-electron chi connectivity index (χ4n) is 3.31. The number of esters is 1. The SMILES string of the molecule is O=C(Oc1ccc(C=Cc2cc(O)cc(O)c2)cc1)c1cc(-c2ccc(F)cc2F)ccc1O. The number of ether oxygens (including phenoxy) is 1. The summed E-state index contributed by atoms with van der Waals surface area (Å²) < 4.78 is 32.6. The van der Waals surface area contributed by atoms with Crippen molar-refractivity contribution in [2.75, 3.05) is 0 Å². The Balaban J connectivity index is 1.50. The minimum atomic E-state index is -0.847. The normalized spacial score (nSPS) is 11.0. The van der Waals surface area contributed by atoms with E-state index in [2.05, 4.69) is 0 Å². The van der Waals surface area contributed by atoms with Gasteiger partial charge in [0.25, 0.3) is 0 Å². The Kier molecular flexibility index (Phi) is 6.27. The van der Waals surface area contributed by atoms with E-state index < -0.39 is 17.6 Å². The first-order valence-corrected chi connectivity index (χ1v) is 10.1. The molecule has 0 atom stereocenters. The van der Waals surface area contributed by atoms with Crippen LogP contribution in [0, 0.1) is 11.6 Å². The Morgan fingerprint density at radius 1 is 0.735 bits per heavy atom. The van der Waals surface area contributed by atoms with Gasteiger partial charge < -0.3 is 20.1 Å². The molecule has 5 nitrogen and oxygen atoms in total. The number of rotatable bonds is 5. The maximum Gasteiger partial charge on any atom is 0.347 e. The topological polar surface area (TPSA) is 87.0 Å². The first-order valence-electron chi connectivity index (χ1n) is 10.1. The monoisotopic (exact) mass is 460 g/mol. The van der Waals surface area contributed by atoms with Crippen molar-refractivity contribution in [3.63, 3.8) is 0 Å². The van der Waals surface area contributed by atoms with Gasteiger partial charge in [0.15, 0.2) is 0 Å². The second-order valence-corrected chi connectivity index (χ2v) is 7.43. The van der Waals surface area contributed by atoms with Gasteiger partial charge in [0.2, 0.25) is 0 Å². The molecule has 0 aliphatic heterocycles. The van der Waals surface area contributed by atoms with Crippen LogP contribution in [0.2, 0.25) is 0 Å². The van der Waals surface area contributed by atoms with Crippen LogP contribution in [-0.4, -0.2) is 21.3 Å². The average molecular weight is 460 g/mol. The third-order valence-corrected chi connectivity index (χ3v) is 4.94. The maximum absolute atomic E-state index is 14.1. The molecule has 0 saturated heterocycles. The number of hydrogen-bond donors (Lipinski definition) is 3. The largest absolute Gasteiger partial charge is 0.508 e. The summed E-state index contributed by atoms with van der Waals surface area (Å²) in [7, 11) is 0. The fraction of sp³-hybridized carbons (Fsp3) is 0. The number of hydrogen-bond acceptors (Lipinski definition) is 5. The summed E-state index contributed by atoms with van der Waals surface area (Å²) in [5.41, 5.74) is 1.54. The second kappa shape index (κ2) is 9.46. The molecule has 4 rings (SSSR count). The number of benzene rings is 4. The number of halogens is 2. The van der Waals surface area contributed by atoms with Gasteiger partial charge >= 0.3 is 5.97 Å². The summed E-state index contributed by atoms with van der Waals surface area (Å²) in [6, 6.07) is 17.7. The van der Waals surface area contributed by atoms with Gasteiger partial charge in [-0.1, -0.05) is 30.4 Å². The minimum Gasteiger partial charge on any atom is -0.508 e. The van der Waals surface area contributed by atoms with E-state index in [1.54, 1.807) is 36.4 Å². The molecule has 34 heavy (non-hydrogen) atoms. The van der Waals surface area contributed by atoms with E-state index in [0.717, 1.165) is 17.7 Å². The highest BCUT2D eigenvalue weighted by Crippen LogP contribution is 2.29. The van der Waals surface area contributed by atoms with E-state index in [9.17, 15) is 28.9 Å². The van der Waals surface area contributed by atoms with Crippen LogP contribution in [-0.2, 0) is 0 Å². The molecule has 0 spiro atoms. The van der Waals surface area contributed by atoms with Gasteiger partial charge in [0.1, 0.15) is 40.2 Å². The highest BCUT2D eigenvalue weighted by Gasteiger charge is 2.16. The van der Waals surface area contributed by atoms with Crippen molar-refractivity contribution in [2.45, 2.75) is 0 Å². The lowest BCUT2D eigenvalue weighted by molar-refractivity contribution is 0.0731. The molecule has 0 bridgehead atoms. The average Bonchev–Trinajstić information content (AvgIpc) is 2.78. The molecule has 3 N–H and O–H groups in total. The van der Waals surface area contributed by atoms with E-state index in [4.69, 9.17) is 4.74 Å². The Labute approximate surface area is 193 Å². The van der Waals surface area contributed by atoms with Crippen molar-refractivity contribution in [1.82, 2.24) is 0 Å². The number of carbonyl (C=O) groups is 1. The summed E-state index contributed by atoms with van der Waals surface area (Å²) >= 11 is 0. The van der Waals surface area contributed by atoms with Crippen molar-refractivity contribution in [2.24, 2.45) is 0 Å². The summed E-state index contributed by atoms with van der Waals surface area (Å²) in [4.78, 5) is 12.6. The third kappa shape index (κ3) is 5.21. The quantitative estimate of drug-likeness (QED) is 0.189. The van der Waals surface area contributed by atoms with Gasteiger partial charge in [-0.15, -0.1) is 0 Å². The van der Waals surface area contributed by atoms with Crippen molar-refractivity contribution >= 4 is 18.1 Å². The predicted molar refractivity (Wildman–Crippen MR) is 124 cm³/mol. The van der Waals surface area contributed by atoms with Gasteiger partial charge in [-0.05, 0) is 65.2 Å². The molecule has 0 aliphatic carbocycles. The number of phenols is 3. The molecule has 0 saturated carbocycles. The smallest absolute Gasteiger partial charge is 0.347 e. The highest BCUT2D eigenvalue weighted by molar-refractivity contribution is 5.95. The molecule has 170 valence electrons. The Bertz CT molecular complexity index is 1370. The van der Waals surface area contributed by atoms with Crippen molar-refractivity contribution in [3.05, 3.63) is 107 Å². The van der Waals surface area contributed by atoms with E-state index in [1.807, 2.05) is 0 Å². The summed E-state index contributed by atoms with van der Waals surface area (Å²) in [5.74, 6) is -2.61. The molecular weight excluding hydrogens is 442 g/mol. The number of aromatic hydroxyl groups is 3. The predicted octanol–water partition coefficient (Wildman–Crippen LogP) is 6.14. The summed E-state index contributed by atoms with van der Waals surface area (Å²) in [6.07, 6.45) is 3.44. The van der Waals surface area contributed by atoms with Crippen LogP contribution in [0.5, 0.6) is 23.0 Å². The molecule has 0 aromatic heterocycles. The van der Waals surface area contributed by atoms with Crippen LogP contribution in [0.1, 0.15) is 21.5 Å².